The van der Waals surface area contributed by atoms with Crippen molar-refractivity contribution in [1.29, 1.82) is 5.26 Å². The van der Waals surface area contributed by atoms with Crippen molar-refractivity contribution < 1.29 is 14.3 Å². The molecule has 1 atom stereocenters. The van der Waals surface area contributed by atoms with E-state index in [1.54, 1.807) is 36.4 Å². The zero-order valence-corrected chi connectivity index (χ0v) is 18.6. The first-order chi connectivity index (χ1) is 14.3. The minimum Gasteiger partial charge on any atom is -0.486 e. The number of amides is 2. The first-order valence-electron chi connectivity index (χ1n) is 9.22. The van der Waals surface area contributed by atoms with Crippen LogP contribution < -0.4 is 4.74 Å². The van der Waals surface area contributed by atoms with Crippen molar-refractivity contribution in [1.82, 2.24) is 4.90 Å². The van der Waals surface area contributed by atoms with E-state index in [2.05, 4.69) is 6.07 Å². The summed E-state index contributed by atoms with van der Waals surface area (Å²) in [6.07, 6.45) is 2.28. The summed E-state index contributed by atoms with van der Waals surface area (Å²) in [6.45, 7) is 3.89. The molecule has 0 spiro atoms. The summed E-state index contributed by atoms with van der Waals surface area (Å²) in [6, 6.07) is 12.3. The highest BCUT2D eigenvalue weighted by Crippen LogP contribution is 2.38. The van der Waals surface area contributed by atoms with Crippen molar-refractivity contribution in [2.45, 2.75) is 32.9 Å². The van der Waals surface area contributed by atoms with E-state index in [1.807, 2.05) is 19.9 Å². The zero-order valence-electron chi connectivity index (χ0n) is 16.3. The van der Waals surface area contributed by atoms with Crippen molar-refractivity contribution in [2.24, 2.45) is 0 Å². The Labute approximate surface area is 189 Å². The van der Waals surface area contributed by atoms with E-state index in [9.17, 15) is 14.9 Å². The molecule has 1 fully saturated rings. The highest BCUT2D eigenvalue weighted by atomic mass is 35.5. The summed E-state index contributed by atoms with van der Waals surface area (Å²) >= 11 is 13.6. The fourth-order valence-corrected chi connectivity index (χ4v) is 4.44. The molecule has 0 aliphatic carbocycles. The van der Waals surface area contributed by atoms with Gasteiger partial charge in [-0.25, -0.2) is 0 Å². The van der Waals surface area contributed by atoms with Crippen molar-refractivity contribution >= 4 is 52.2 Å². The maximum absolute atomic E-state index is 12.6. The normalized spacial score (nSPS) is 16.1. The molecule has 3 rings (SSSR count). The number of halogens is 2. The van der Waals surface area contributed by atoms with Gasteiger partial charge >= 0.3 is 0 Å². The fourth-order valence-electron chi connectivity index (χ4n) is 2.90. The Balaban J connectivity index is 1.81. The van der Waals surface area contributed by atoms with E-state index in [0.717, 1.165) is 17.3 Å². The van der Waals surface area contributed by atoms with Gasteiger partial charge in [-0.15, -0.1) is 0 Å². The molecule has 1 saturated heterocycles. The molecular formula is C22H18Cl2N2O3S. The van der Waals surface area contributed by atoms with Crippen molar-refractivity contribution in [3.8, 4) is 11.8 Å². The molecular weight excluding hydrogens is 443 g/mol. The predicted molar refractivity (Wildman–Crippen MR) is 120 cm³/mol. The molecule has 2 aromatic rings. The molecule has 30 heavy (non-hydrogen) atoms. The second-order valence-electron chi connectivity index (χ2n) is 6.68. The summed E-state index contributed by atoms with van der Waals surface area (Å²) in [4.78, 5) is 26.3. The minimum absolute atomic E-state index is 0.135. The molecule has 0 bridgehead atoms. The van der Waals surface area contributed by atoms with E-state index in [0.29, 0.717) is 22.5 Å². The highest BCUT2D eigenvalue weighted by Gasteiger charge is 2.37. The molecule has 1 heterocycles. The standard InChI is InChI=1S/C22H18Cl2N2O3S/c1-3-13(2)26-21(27)19(30-22(26)28)10-14-8-17(23)20(18(24)9-14)29-12-16-7-5-4-6-15(16)11-25/h4-10,13H,3,12H2,1-2H3/b19-10+/t13-/m1/s1. The average Bonchev–Trinajstić information content (AvgIpc) is 3.00. The lowest BCUT2D eigenvalue weighted by atomic mass is 10.1. The van der Waals surface area contributed by atoms with Crippen LogP contribution in [0.3, 0.4) is 0 Å². The second kappa shape index (κ2) is 9.57. The molecule has 8 heteroatoms. The Bertz CT molecular complexity index is 1060. The van der Waals surface area contributed by atoms with Crippen LogP contribution in [0.25, 0.3) is 6.08 Å². The van der Waals surface area contributed by atoms with Crippen LogP contribution in [0.1, 0.15) is 37.0 Å². The van der Waals surface area contributed by atoms with Crippen LogP contribution in [0.15, 0.2) is 41.3 Å². The molecule has 0 radical (unpaired) electrons. The maximum atomic E-state index is 12.6. The number of hydrogen-bond acceptors (Lipinski definition) is 5. The monoisotopic (exact) mass is 460 g/mol. The van der Waals surface area contributed by atoms with Gasteiger partial charge in [0.05, 0.1) is 26.6 Å². The molecule has 0 saturated carbocycles. The lowest BCUT2D eigenvalue weighted by molar-refractivity contribution is -0.124. The van der Waals surface area contributed by atoms with Gasteiger partial charge in [0.25, 0.3) is 11.1 Å². The van der Waals surface area contributed by atoms with Crippen LogP contribution in [-0.2, 0) is 11.4 Å². The summed E-state index contributed by atoms with van der Waals surface area (Å²) in [7, 11) is 0. The Morgan fingerprint density at radius 3 is 2.53 bits per heavy atom. The number of rotatable bonds is 6. The number of carbonyl (C=O) groups is 2. The Hall–Kier alpha value is -2.46. The molecule has 0 aromatic heterocycles. The summed E-state index contributed by atoms with van der Waals surface area (Å²) in [5.74, 6) is -0.0315. The molecule has 1 aliphatic heterocycles. The van der Waals surface area contributed by atoms with Gasteiger partial charge in [0.1, 0.15) is 6.61 Å². The number of nitrogens with zero attached hydrogens (tertiary/aromatic N) is 2. The molecule has 5 nitrogen and oxygen atoms in total. The van der Waals surface area contributed by atoms with E-state index in [4.69, 9.17) is 27.9 Å². The topological polar surface area (TPSA) is 70.4 Å². The van der Waals surface area contributed by atoms with Crippen LogP contribution in [0, 0.1) is 11.3 Å². The number of imide groups is 1. The minimum atomic E-state index is -0.319. The molecule has 0 N–H and O–H groups in total. The van der Waals surface area contributed by atoms with Crippen LogP contribution >= 0.6 is 35.0 Å². The van der Waals surface area contributed by atoms with Crippen LogP contribution in [0.5, 0.6) is 5.75 Å². The molecule has 154 valence electrons. The summed E-state index contributed by atoms with van der Waals surface area (Å²) in [5, 5.41) is 9.44. The number of hydrogen-bond donors (Lipinski definition) is 0. The van der Waals surface area contributed by atoms with Gasteiger partial charge in [0.15, 0.2) is 5.75 Å². The number of nitriles is 1. The number of thioether (sulfide) groups is 1. The Morgan fingerprint density at radius 1 is 1.23 bits per heavy atom. The average molecular weight is 461 g/mol. The lowest BCUT2D eigenvalue weighted by Gasteiger charge is -2.19. The first kappa shape index (κ1) is 22.2. The van der Waals surface area contributed by atoms with Gasteiger partial charge < -0.3 is 4.74 Å². The second-order valence-corrected chi connectivity index (χ2v) is 8.49. The Kier molecular flexibility index (Phi) is 7.09. The van der Waals surface area contributed by atoms with Crippen LogP contribution in [0.4, 0.5) is 4.79 Å². The number of carbonyl (C=O) groups excluding carboxylic acids is 2. The van der Waals surface area contributed by atoms with E-state index in [-0.39, 0.29) is 39.6 Å². The third-order valence-corrected chi connectivity index (χ3v) is 6.13. The molecule has 0 unspecified atom stereocenters. The summed E-state index contributed by atoms with van der Waals surface area (Å²) in [5.41, 5.74) is 1.82. The lowest BCUT2D eigenvalue weighted by Crippen LogP contribution is -2.36. The smallest absolute Gasteiger partial charge is 0.293 e. The molecule has 2 aromatic carbocycles. The van der Waals surface area contributed by atoms with Crippen molar-refractivity contribution in [3.05, 3.63) is 68.0 Å². The fraction of sp³-hybridized carbons (Fsp3) is 0.227. The first-order valence-corrected chi connectivity index (χ1v) is 10.8. The SMILES string of the molecule is CC[C@@H](C)N1C(=O)S/C(=C/c2cc(Cl)c(OCc3ccccc3C#N)c(Cl)c2)C1=O. The van der Waals surface area contributed by atoms with Crippen molar-refractivity contribution in [3.63, 3.8) is 0 Å². The van der Waals surface area contributed by atoms with Gasteiger partial charge in [-0.1, -0.05) is 48.3 Å². The van der Waals surface area contributed by atoms with Gasteiger partial charge in [-0.2, -0.15) is 5.26 Å². The maximum Gasteiger partial charge on any atom is 0.293 e. The molecule has 2 amide bonds. The Morgan fingerprint density at radius 2 is 1.90 bits per heavy atom. The van der Waals surface area contributed by atoms with E-state index >= 15 is 0 Å². The third kappa shape index (κ3) is 4.65. The van der Waals surface area contributed by atoms with E-state index < -0.39 is 0 Å². The predicted octanol–water partition coefficient (Wildman–Crippen LogP) is 6.28. The number of benzene rings is 2. The van der Waals surface area contributed by atoms with E-state index in [1.165, 1.54) is 4.90 Å². The van der Waals surface area contributed by atoms with Gasteiger partial charge in [-0.05, 0) is 54.9 Å². The van der Waals surface area contributed by atoms with Crippen molar-refractivity contribution in [2.75, 3.05) is 0 Å². The number of ether oxygens (including phenoxy) is 1. The zero-order chi connectivity index (χ0) is 21.8. The quantitative estimate of drug-likeness (QED) is 0.474. The third-order valence-electron chi connectivity index (χ3n) is 4.68. The van der Waals surface area contributed by atoms with Gasteiger partial charge in [0.2, 0.25) is 0 Å². The van der Waals surface area contributed by atoms with Crippen LogP contribution in [-0.4, -0.2) is 22.1 Å². The molecule has 1 aliphatic rings. The van der Waals surface area contributed by atoms with Gasteiger partial charge in [0, 0.05) is 11.6 Å². The van der Waals surface area contributed by atoms with Gasteiger partial charge in [-0.3, -0.25) is 14.5 Å². The highest BCUT2D eigenvalue weighted by molar-refractivity contribution is 8.18. The summed E-state index contributed by atoms with van der Waals surface area (Å²) < 4.78 is 5.75. The largest absolute Gasteiger partial charge is 0.486 e. The van der Waals surface area contributed by atoms with Crippen LogP contribution in [0.2, 0.25) is 10.0 Å².